The molecule has 2 fully saturated rings. The molecule has 2 aliphatic heterocycles. The summed E-state index contributed by atoms with van der Waals surface area (Å²) in [7, 11) is -5.23. The molecule has 2 aromatic rings. The summed E-state index contributed by atoms with van der Waals surface area (Å²) in [6, 6.07) is 0. The summed E-state index contributed by atoms with van der Waals surface area (Å²) in [6.45, 7) is -6.39. The number of fused-ring (bicyclic) bond motifs is 1. The Bertz CT molecular complexity index is 1240. The van der Waals surface area contributed by atoms with Crippen molar-refractivity contribution in [1.29, 1.82) is 0 Å². The molecule has 0 bridgehead atoms. The van der Waals surface area contributed by atoms with E-state index in [9.17, 15) is 45.0 Å². The lowest BCUT2D eigenvalue weighted by Crippen LogP contribution is -2.58. The zero-order valence-electron chi connectivity index (χ0n) is 19.0. The van der Waals surface area contributed by atoms with Crippen LogP contribution in [0.4, 0.5) is 5.82 Å². The van der Waals surface area contributed by atoms with Crippen molar-refractivity contribution >= 4 is 43.3 Å². The van der Waals surface area contributed by atoms with Crippen LogP contribution in [0.5, 0.6) is 0 Å². The van der Waals surface area contributed by atoms with Crippen LogP contribution in [0.2, 0.25) is 0 Å². The number of phosphoric ester groups is 1. The first-order valence-corrected chi connectivity index (χ1v) is 14.8. The highest BCUT2D eigenvalue weighted by Gasteiger charge is 2.48. The van der Waals surface area contributed by atoms with Crippen molar-refractivity contribution in [3.05, 3.63) is 12.7 Å². The van der Waals surface area contributed by atoms with Gasteiger partial charge in [0.15, 0.2) is 24.0 Å². The topological polar surface area (TPSA) is 295 Å². The number of nitrogens with two attached hydrogens (primary N) is 1. The third kappa shape index (κ3) is 6.06. The number of aliphatic hydroxyl groups is 6. The van der Waals surface area contributed by atoms with Crippen LogP contribution in [0.1, 0.15) is 6.23 Å². The van der Waals surface area contributed by atoms with E-state index in [2.05, 4.69) is 31.1 Å². The van der Waals surface area contributed by atoms with Crippen molar-refractivity contribution in [1.82, 2.24) is 19.5 Å². The second-order valence-corrected chi connectivity index (χ2v) is 12.6. The van der Waals surface area contributed by atoms with Gasteiger partial charge in [0.1, 0.15) is 54.6 Å². The van der Waals surface area contributed by atoms with Crippen LogP contribution in [0.25, 0.3) is 11.2 Å². The van der Waals surface area contributed by atoms with Crippen molar-refractivity contribution < 1.29 is 67.8 Å². The molecule has 19 nitrogen and oxygen atoms in total. The Morgan fingerprint density at radius 1 is 1.00 bits per heavy atom. The van der Waals surface area contributed by atoms with Gasteiger partial charge in [-0.1, -0.05) is 0 Å². The highest BCUT2D eigenvalue weighted by atomic mass is 32.5. The molecule has 214 valence electrons. The molecule has 4 rings (SSSR count). The van der Waals surface area contributed by atoms with E-state index < -0.39 is 83.0 Å². The maximum absolute atomic E-state index is 12.4. The summed E-state index contributed by atoms with van der Waals surface area (Å²) in [6.07, 6.45) is -12.4. The molecular weight excluding hydrogens is 580 g/mol. The maximum atomic E-state index is 12.4. The van der Waals surface area contributed by atoms with Gasteiger partial charge in [0.05, 0.1) is 19.5 Å². The van der Waals surface area contributed by atoms with Gasteiger partial charge >= 0.3 is 14.5 Å². The Morgan fingerprint density at radius 2 is 1.68 bits per heavy atom. The molecular formula is C16H25N5O14P2S. The van der Waals surface area contributed by atoms with Crippen molar-refractivity contribution in [2.24, 2.45) is 0 Å². The predicted octanol–water partition coefficient (Wildman–Crippen LogP) is -3.81. The van der Waals surface area contributed by atoms with E-state index in [1.54, 1.807) is 0 Å². The molecule has 0 aliphatic carbocycles. The van der Waals surface area contributed by atoms with E-state index in [4.69, 9.17) is 24.3 Å². The van der Waals surface area contributed by atoms with Gasteiger partial charge in [-0.15, -0.1) is 0 Å². The van der Waals surface area contributed by atoms with Crippen LogP contribution in [-0.2, 0) is 39.2 Å². The summed E-state index contributed by atoms with van der Waals surface area (Å²) in [5.41, 5.74) is 6.12. The average Bonchev–Trinajstić information content (AvgIpc) is 3.39. The smallest absolute Gasteiger partial charge is 0.394 e. The van der Waals surface area contributed by atoms with Crippen LogP contribution < -0.4 is 5.73 Å². The number of phosphoric acid groups is 1. The lowest BCUT2D eigenvalue weighted by Gasteiger charge is -2.40. The average molecular weight is 605 g/mol. The number of anilines is 1. The van der Waals surface area contributed by atoms with Crippen molar-refractivity contribution in [2.45, 2.75) is 55.2 Å². The van der Waals surface area contributed by atoms with Gasteiger partial charge in [0.2, 0.25) is 0 Å². The first-order valence-electron chi connectivity index (χ1n) is 10.7. The second-order valence-electron chi connectivity index (χ2n) is 8.25. The first kappa shape index (κ1) is 29.7. The number of hydrogen-bond donors (Lipinski definition) is 9. The molecule has 0 amide bonds. The van der Waals surface area contributed by atoms with Crippen LogP contribution in [-0.4, -0.2) is 122 Å². The molecule has 2 saturated heterocycles. The van der Waals surface area contributed by atoms with E-state index in [1.807, 2.05) is 0 Å². The molecule has 2 aliphatic rings. The van der Waals surface area contributed by atoms with E-state index in [0.29, 0.717) is 0 Å². The number of aromatic nitrogens is 4. The van der Waals surface area contributed by atoms with E-state index in [-0.39, 0.29) is 17.0 Å². The Morgan fingerprint density at radius 3 is 2.37 bits per heavy atom. The molecule has 7 unspecified atom stereocenters. The molecule has 38 heavy (non-hydrogen) atoms. The molecule has 0 radical (unpaired) electrons. The van der Waals surface area contributed by atoms with E-state index >= 15 is 0 Å². The van der Waals surface area contributed by atoms with E-state index in [1.165, 1.54) is 10.9 Å². The Kier molecular flexibility index (Phi) is 8.83. The minimum absolute atomic E-state index is 0.0608. The largest absolute Gasteiger partial charge is 0.479 e. The monoisotopic (exact) mass is 605 g/mol. The number of aliphatic hydroxyl groups excluding tert-OH is 6. The highest BCUT2D eigenvalue weighted by Crippen LogP contribution is 2.61. The Hall–Kier alpha value is -1.29. The fraction of sp³-hybridized carbons (Fsp3) is 0.688. The molecule has 4 heterocycles. The van der Waals surface area contributed by atoms with Gasteiger partial charge in [-0.3, -0.25) is 13.6 Å². The number of rotatable bonds is 9. The number of imidazole rings is 1. The summed E-state index contributed by atoms with van der Waals surface area (Å²) in [5, 5.41) is 59.6. The summed E-state index contributed by atoms with van der Waals surface area (Å²) < 4.78 is 38.3. The quantitative estimate of drug-likeness (QED) is 0.124. The molecule has 0 spiro atoms. The Labute approximate surface area is 217 Å². The minimum Gasteiger partial charge on any atom is -0.394 e. The summed E-state index contributed by atoms with van der Waals surface area (Å²) in [4.78, 5) is 32.1. The second kappa shape index (κ2) is 11.3. The highest BCUT2D eigenvalue weighted by molar-refractivity contribution is 8.08. The number of hydrogen-bond acceptors (Lipinski definition) is 17. The van der Waals surface area contributed by atoms with Gasteiger partial charge in [-0.25, -0.2) is 23.8 Å². The van der Waals surface area contributed by atoms with Gasteiger partial charge in [0, 0.05) is 0 Å². The first-order chi connectivity index (χ1) is 17.7. The fourth-order valence-corrected chi connectivity index (χ4v) is 6.95. The maximum Gasteiger partial charge on any atom is 0.479 e. The van der Waals surface area contributed by atoms with Crippen LogP contribution >= 0.6 is 14.5 Å². The fourth-order valence-electron chi connectivity index (χ4n) is 3.78. The zero-order valence-corrected chi connectivity index (χ0v) is 21.6. The lowest BCUT2D eigenvalue weighted by molar-refractivity contribution is -0.279. The molecule has 10 N–H and O–H groups in total. The minimum atomic E-state index is -5.23. The van der Waals surface area contributed by atoms with Gasteiger partial charge in [-0.05, 0) is 11.8 Å². The van der Waals surface area contributed by atoms with Crippen molar-refractivity contribution in [2.75, 3.05) is 18.9 Å². The van der Waals surface area contributed by atoms with Gasteiger partial charge < -0.3 is 55.6 Å². The summed E-state index contributed by atoms with van der Waals surface area (Å²) >= 11 is 4.65. The van der Waals surface area contributed by atoms with Crippen molar-refractivity contribution in [3.63, 3.8) is 0 Å². The standard InChI is InChI=1S/C16H25N5O14P2S/c17-13-7-14(19-3-18-13)21(4-20-7)15-11(26)9(24)6(32-15)2-31-36(28,29)35-37(30,38)34-16-12(27)10(25)8(23)5(1-22)33-16/h3-6,8-12,15-16,22-27H,1-2H2,(H,28,29)(H,30,38)(H2,17,18,19)/t5?,6?,8?,9-,10?,11-,12?,15-,16+,37?/m1/s1. The lowest BCUT2D eigenvalue weighted by atomic mass is 10.00. The molecule has 22 heteroatoms. The predicted molar refractivity (Wildman–Crippen MR) is 124 cm³/mol. The number of nitrogen functional groups attached to an aromatic ring is 1. The molecule has 2 aromatic heterocycles. The number of nitrogens with zero attached hydrogens (tertiary/aromatic N) is 4. The molecule has 11 atom stereocenters. The third-order valence-electron chi connectivity index (χ3n) is 5.69. The van der Waals surface area contributed by atoms with Gasteiger partial charge in [0.25, 0.3) is 0 Å². The van der Waals surface area contributed by atoms with Crippen LogP contribution in [0, 0.1) is 0 Å². The molecule has 0 aromatic carbocycles. The number of ether oxygens (including phenoxy) is 2. The van der Waals surface area contributed by atoms with Crippen LogP contribution in [0.15, 0.2) is 12.7 Å². The zero-order chi connectivity index (χ0) is 28.0. The normalized spacial score (nSPS) is 37.2. The van der Waals surface area contributed by atoms with Crippen molar-refractivity contribution in [3.8, 4) is 0 Å². The summed E-state index contributed by atoms with van der Waals surface area (Å²) in [5.74, 6) is 0.0608. The van der Waals surface area contributed by atoms with Crippen LogP contribution in [0.3, 0.4) is 0 Å². The SMILES string of the molecule is Nc1ncnc2c1ncn2[C@@H]1OC(COP(=O)(O)OP(O)(=S)O[C@@H]2OC(CO)C(O)C(O)C2O)[C@@H](O)[C@H]1O. The van der Waals surface area contributed by atoms with Gasteiger partial charge in [-0.2, -0.15) is 0 Å². The third-order valence-corrected chi connectivity index (χ3v) is 9.15. The Balaban J connectivity index is 1.38. The van der Waals surface area contributed by atoms with E-state index in [0.717, 1.165) is 6.33 Å². The molecule has 0 saturated carbocycles.